The van der Waals surface area contributed by atoms with Crippen LogP contribution < -0.4 is 5.73 Å². The molecule has 112 valence electrons. The number of carbonyl (C=O) groups excluding carboxylic acids is 1. The predicted octanol–water partition coefficient (Wildman–Crippen LogP) is 1.13. The quantitative estimate of drug-likeness (QED) is 0.794. The number of sulfonamides is 1. The highest BCUT2D eigenvalue weighted by Gasteiger charge is 2.27. The van der Waals surface area contributed by atoms with Crippen molar-refractivity contribution in [2.75, 3.05) is 32.9 Å². The number of likely N-dealkylation sites (N-methyl/N-ethyl adjacent to an activating group) is 2. The Kier molecular flexibility index (Phi) is 5.55. The van der Waals surface area contributed by atoms with Crippen LogP contribution in [-0.2, 0) is 14.8 Å². The van der Waals surface area contributed by atoms with Gasteiger partial charge >= 0.3 is 0 Å². The molecule has 0 aliphatic carbocycles. The Morgan fingerprint density at radius 3 is 2.40 bits per heavy atom. The topological polar surface area (TPSA) is 83.7 Å². The lowest BCUT2D eigenvalue weighted by molar-refractivity contribution is -0.128. The van der Waals surface area contributed by atoms with E-state index in [1.54, 1.807) is 27.1 Å². The van der Waals surface area contributed by atoms with Crippen molar-refractivity contribution in [2.24, 2.45) is 0 Å². The van der Waals surface area contributed by atoms with Gasteiger partial charge in [0.05, 0.1) is 12.2 Å². The molecule has 2 N–H and O–H groups in total. The van der Waals surface area contributed by atoms with Crippen LogP contribution in [0.1, 0.15) is 6.92 Å². The van der Waals surface area contributed by atoms with E-state index in [0.717, 1.165) is 4.31 Å². The van der Waals surface area contributed by atoms with Crippen LogP contribution >= 0.6 is 15.9 Å². The lowest BCUT2D eigenvalue weighted by Crippen LogP contribution is -2.40. The van der Waals surface area contributed by atoms with Gasteiger partial charge in [-0.15, -0.1) is 0 Å². The second kappa shape index (κ2) is 6.55. The molecule has 0 bridgehead atoms. The van der Waals surface area contributed by atoms with Gasteiger partial charge in [-0.05, 0) is 18.2 Å². The largest absolute Gasteiger partial charge is 0.398 e. The van der Waals surface area contributed by atoms with Gasteiger partial charge < -0.3 is 10.6 Å². The summed E-state index contributed by atoms with van der Waals surface area (Å²) < 4.78 is 26.8. The number of carbonyl (C=O) groups is 1. The summed E-state index contributed by atoms with van der Waals surface area (Å²) in [7, 11) is -0.627. The van der Waals surface area contributed by atoms with E-state index in [2.05, 4.69) is 15.9 Å². The summed E-state index contributed by atoms with van der Waals surface area (Å²) in [6.07, 6.45) is 0. The minimum Gasteiger partial charge on any atom is -0.398 e. The first kappa shape index (κ1) is 16.9. The van der Waals surface area contributed by atoms with Crippen LogP contribution in [-0.4, -0.2) is 50.7 Å². The summed E-state index contributed by atoms with van der Waals surface area (Å²) in [5, 5.41) is 0. The molecule has 0 heterocycles. The number of anilines is 1. The number of nitrogen functional groups attached to an aromatic ring is 1. The highest BCUT2D eigenvalue weighted by atomic mass is 79.9. The van der Waals surface area contributed by atoms with Crippen molar-refractivity contribution in [3.05, 3.63) is 22.7 Å². The number of halogens is 1. The van der Waals surface area contributed by atoms with Crippen LogP contribution in [0, 0.1) is 0 Å². The predicted molar refractivity (Wildman–Crippen MR) is 81.7 cm³/mol. The molecule has 0 aliphatic heterocycles. The summed E-state index contributed by atoms with van der Waals surface area (Å²) in [6, 6.07) is 4.55. The Morgan fingerprint density at radius 1 is 1.35 bits per heavy atom. The summed E-state index contributed by atoms with van der Waals surface area (Å²) in [4.78, 5) is 13.1. The Balaban J connectivity index is 3.15. The van der Waals surface area contributed by atoms with Crippen molar-refractivity contribution in [1.29, 1.82) is 0 Å². The molecule has 0 aromatic heterocycles. The number of nitrogens with zero attached hydrogens (tertiary/aromatic N) is 2. The number of rotatable bonds is 5. The van der Waals surface area contributed by atoms with Crippen molar-refractivity contribution < 1.29 is 13.2 Å². The highest BCUT2D eigenvalue weighted by molar-refractivity contribution is 9.10. The maximum Gasteiger partial charge on any atom is 0.245 e. The zero-order valence-electron chi connectivity index (χ0n) is 11.6. The molecule has 1 rings (SSSR count). The summed E-state index contributed by atoms with van der Waals surface area (Å²) in [6.45, 7) is 1.66. The van der Waals surface area contributed by atoms with Crippen molar-refractivity contribution >= 4 is 37.5 Å². The lowest BCUT2D eigenvalue weighted by Gasteiger charge is -2.22. The van der Waals surface area contributed by atoms with E-state index in [0.29, 0.717) is 4.47 Å². The van der Waals surface area contributed by atoms with E-state index in [-0.39, 0.29) is 29.6 Å². The fourth-order valence-electron chi connectivity index (χ4n) is 1.55. The van der Waals surface area contributed by atoms with Gasteiger partial charge in [0, 0.05) is 25.1 Å². The third kappa shape index (κ3) is 3.71. The van der Waals surface area contributed by atoms with Gasteiger partial charge in [0.25, 0.3) is 0 Å². The van der Waals surface area contributed by atoms with Crippen molar-refractivity contribution in [1.82, 2.24) is 9.21 Å². The molecule has 1 amide bonds. The number of benzene rings is 1. The third-order valence-electron chi connectivity index (χ3n) is 2.75. The molecular weight excluding hydrogens is 346 g/mol. The minimum absolute atomic E-state index is 0.00843. The maximum absolute atomic E-state index is 12.5. The van der Waals surface area contributed by atoms with Crippen LogP contribution in [0.4, 0.5) is 5.69 Å². The van der Waals surface area contributed by atoms with Gasteiger partial charge in [-0.2, -0.15) is 4.31 Å². The molecule has 0 unspecified atom stereocenters. The molecule has 1 aromatic rings. The van der Waals surface area contributed by atoms with Crippen LogP contribution in [0.25, 0.3) is 0 Å². The van der Waals surface area contributed by atoms with Gasteiger partial charge in [-0.25, -0.2) is 8.42 Å². The van der Waals surface area contributed by atoms with Crippen molar-refractivity contribution in [3.63, 3.8) is 0 Å². The molecule has 6 nitrogen and oxygen atoms in total. The number of amides is 1. The molecule has 20 heavy (non-hydrogen) atoms. The minimum atomic E-state index is -3.79. The van der Waals surface area contributed by atoms with Gasteiger partial charge in [-0.3, -0.25) is 4.79 Å². The average molecular weight is 364 g/mol. The van der Waals surface area contributed by atoms with E-state index >= 15 is 0 Å². The monoisotopic (exact) mass is 363 g/mol. The molecule has 0 saturated heterocycles. The summed E-state index contributed by atoms with van der Waals surface area (Å²) >= 11 is 3.23. The van der Waals surface area contributed by atoms with Gasteiger partial charge in [0.15, 0.2) is 0 Å². The van der Waals surface area contributed by atoms with E-state index in [1.807, 2.05) is 0 Å². The number of hydrogen-bond acceptors (Lipinski definition) is 4. The Hall–Kier alpha value is -1.12. The molecule has 0 fully saturated rings. The zero-order valence-corrected chi connectivity index (χ0v) is 14.0. The fraction of sp³-hybridized carbons (Fsp3) is 0.417. The fourth-order valence-corrected chi connectivity index (χ4v) is 3.43. The normalized spacial score (nSPS) is 11.7. The molecule has 0 atom stereocenters. The molecule has 1 aromatic carbocycles. The van der Waals surface area contributed by atoms with Gasteiger partial charge in [0.1, 0.15) is 4.90 Å². The van der Waals surface area contributed by atoms with Gasteiger partial charge in [0.2, 0.25) is 15.9 Å². The third-order valence-corrected chi connectivity index (χ3v) is 5.24. The lowest BCUT2D eigenvalue weighted by atomic mass is 10.3. The molecule has 0 radical (unpaired) electrons. The second-order valence-corrected chi connectivity index (χ2v) is 7.22. The molecule has 8 heteroatoms. The Labute approximate surface area is 127 Å². The molecule has 0 spiro atoms. The number of hydrogen-bond donors (Lipinski definition) is 1. The summed E-state index contributed by atoms with van der Waals surface area (Å²) in [5.74, 6) is -0.286. The standard InChI is InChI=1S/C12H18BrN3O3S/c1-4-16(8-12(17)15(2)3)20(18,19)11-6-5-9(13)7-10(11)14/h5-7H,4,8,14H2,1-3H3. The highest BCUT2D eigenvalue weighted by Crippen LogP contribution is 2.25. The zero-order chi connectivity index (χ0) is 15.5. The van der Waals surface area contributed by atoms with E-state index < -0.39 is 10.0 Å². The first-order chi connectivity index (χ1) is 9.20. The Morgan fingerprint density at radius 2 is 1.95 bits per heavy atom. The average Bonchev–Trinajstić information content (AvgIpc) is 2.34. The van der Waals surface area contributed by atoms with Crippen LogP contribution in [0.2, 0.25) is 0 Å². The van der Waals surface area contributed by atoms with Crippen molar-refractivity contribution in [2.45, 2.75) is 11.8 Å². The van der Waals surface area contributed by atoms with E-state index in [4.69, 9.17) is 5.73 Å². The van der Waals surface area contributed by atoms with E-state index in [9.17, 15) is 13.2 Å². The van der Waals surface area contributed by atoms with Crippen molar-refractivity contribution in [3.8, 4) is 0 Å². The van der Waals surface area contributed by atoms with E-state index in [1.165, 1.54) is 17.0 Å². The molecular formula is C12H18BrN3O3S. The molecule has 0 aliphatic rings. The second-order valence-electron chi connectivity index (χ2n) is 4.40. The SMILES string of the molecule is CCN(CC(=O)N(C)C)S(=O)(=O)c1ccc(Br)cc1N. The maximum atomic E-state index is 12.5. The summed E-state index contributed by atoms with van der Waals surface area (Å²) in [5.41, 5.74) is 5.91. The van der Waals surface area contributed by atoms with Crippen LogP contribution in [0.15, 0.2) is 27.6 Å². The smallest absolute Gasteiger partial charge is 0.245 e. The van der Waals surface area contributed by atoms with Crippen LogP contribution in [0.5, 0.6) is 0 Å². The van der Waals surface area contributed by atoms with Crippen LogP contribution in [0.3, 0.4) is 0 Å². The number of nitrogens with two attached hydrogens (primary N) is 1. The first-order valence-corrected chi connectivity index (χ1v) is 8.18. The first-order valence-electron chi connectivity index (χ1n) is 5.95. The molecule has 0 saturated carbocycles. The van der Waals surface area contributed by atoms with Gasteiger partial charge in [-0.1, -0.05) is 22.9 Å². The Bertz CT molecular complexity index is 602.